The van der Waals surface area contributed by atoms with Crippen LogP contribution in [0.3, 0.4) is 0 Å². The molecule has 1 N–H and O–H groups in total. The van der Waals surface area contributed by atoms with Crippen molar-refractivity contribution >= 4 is 0 Å². The highest BCUT2D eigenvalue weighted by molar-refractivity contribution is 5.71. The average molecular weight is 242 g/mol. The molecule has 0 atom stereocenters. The van der Waals surface area contributed by atoms with Gasteiger partial charge in [0.1, 0.15) is 17.6 Å². The summed E-state index contributed by atoms with van der Waals surface area (Å²) in [5.74, 6) is 1.48. The van der Waals surface area contributed by atoms with Crippen LogP contribution in [0.15, 0.2) is 24.3 Å². The SMILES string of the molecule is COc1ccc(OC)c(-c2cc(C#N)c(C)[nH]2)c1. The highest BCUT2D eigenvalue weighted by Gasteiger charge is 2.11. The van der Waals surface area contributed by atoms with Crippen molar-refractivity contribution in [1.82, 2.24) is 4.98 Å². The number of methoxy groups -OCH3 is 2. The van der Waals surface area contributed by atoms with Gasteiger partial charge in [-0.3, -0.25) is 0 Å². The largest absolute Gasteiger partial charge is 0.497 e. The molecule has 4 nitrogen and oxygen atoms in total. The molecular weight excluding hydrogens is 228 g/mol. The van der Waals surface area contributed by atoms with E-state index in [0.717, 1.165) is 28.5 Å². The van der Waals surface area contributed by atoms with Crippen LogP contribution in [0.1, 0.15) is 11.3 Å². The molecule has 0 amide bonds. The molecule has 1 heterocycles. The maximum atomic E-state index is 8.98. The minimum atomic E-state index is 0.634. The van der Waals surface area contributed by atoms with Crippen LogP contribution < -0.4 is 9.47 Å². The van der Waals surface area contributed by atoms with Gasteiger partial charge in [0.05, 0.1) is 25.5 Å². The van der Waals surface area contributed by atoms with E-state index in [-0.39, 0.29) is 0 Å². The Bertz CT molecular complexity index is 609. The zero-order valence-corrected chi connectivity index (χ0v) is 10.6. The lowest BCUT2D eigenvalue weighted by atomic mass is 10.1. The van der Waals surface area contributed by atoms with E-state index in [9.17, 15) is 0 Å². The number of nitrogens with one attached hydrogen (secondary N) is 1. The van der Waals surface area contributed by atoms with Crippen molar-refractivity contribution in [3.8, 4) is 28.8 Å². The predicted octanol–water partition coefficient (Wildman–Crippen LogP) is 2.88. The van der Waals surface area contributed by atoms with Gasteiger partial charge in [-0.15, -0.1) is 0 Å². The molecular formula is C14H14N2O2. The molecule has 0 bridgehead atoms. The van der Waals surface area contributed by atoms with Crippen molar-refractivity contribution in [2.45, 2.75) is 6.92 Å². The van der Waals surface area contributed by atoms with E-state index in [0.29, 0.717) is 5.56 Å². The summed E-state index contributed by atoms with van der Waals surface area (Å²) in [6.45, 7) is 1.87. The number of hydrogen-bond donors (Lipinski definition) is 1. The number of aromatic amines is 1. The van der Waals surface area contributed by atoms with Crippen molar-refractivity contribution in [3.63, 3.8) is 0 Å². The monoisotopic (exact) mass is 242 g/mol. The molecule has 0 aliphatic rings. The minimum Gasteiger partial charge on any atom is -0.497 e. The fraction of sp³-hybridized carbons (Fsp3) is 0.214. The molecule has 0 radical (unpaired) electrons. The molecule has 2 rings (SSSR count). The number of nitriles is 1. The van der Waals surface area contributed by atoms with Gasteiger partial charge in [0.2, 0.25) is 0 Å². The maximum absolute atomic E-state index is 8.98. The van der Waals surface area contributed by atoms with E-state index in [1.807, 2.05) is 31.2 Å². The Morgan fingerprint density at radius 2 is 1.94 bits per heavy atom. The number of nitrogens with zero attached hydrogens (tertiary/aromatic N) is 1. The summed E-state index contributed by atoms with van der Waals surface area (Å²) in [5, 5.41) is 8.98. The molecule has 92 valence electrons. The lowest BCUT2D eigenvalue weighted by Gasteiger charge is -2.09. The minimum absolute atomic E-state index is 0.634. The third-order valence-corrected chi connectivity index (χ3v) is 2.83. The lowest BCUT2D eigenvalue weighted by molar-refractivity contribution is 0.404. The maximum Gasteiger partial charge on any atom is 0.128 e. The number of ether oxygens (including phenoxy) is 2. The van der Waals surface area contributed by atoms with Gasteiger partial charge in [-0.05, 0) is 31.2 Å². The topological polar surface area (TPSA) is 58.0 Å². The summed E-state index contributed by atoms with van der Waals surface area (Å²) in [6, 6.07) is 9.52. The number of hydrogen-bond acceptors (Lipinski definition) is 3. The molecule has 18 heavy (non-hydrogen) atoms. The first-order valence-electron chi connectivity index (χ1n) is 5.51. The van der Waals surface area contributed by atoms with Crippen molar-refractivity contribution < 1.29 is 9.47 Å². The van der Waals surface area contributed by atoms with Crippen LogP contribution in [-0.2, 0) is 0 Å². The van der Waals surface area contributed by atoms with E-state index in [2.05, 4.69) is 11.1 Å². The standard InChI is InChI=1S/C14H14N2O2/c1-9-10(8-15)6-13(16-9)12-7-11(17-2)4-5-14(12)18-3/h4-7,16H,1-3H3. The van der Waals surface area contributed by atoms with E-state index >= 15 is 0 Å². The third kappa shape index (κ3) is 2.03. The Labute approximate surface area is 106 Å². The second-order valence-electron chi connectivity index (χ2n) is 3.90. The first kappa shape index (κ1) is 12.1. The van der Waals surface area contributed by atoms with Crippen LogP contribution >= 0.6 is 0 Å². The fourth-order valence-corrected chi connectivity index (χ4v) is 1.84. The van der Waals surface area contributed by atoms with Gasteiger partial charge < -0.3 is 14.5 Å². The Kier molecular flexibility index (Phi) is 3.24. The molecule has 0 fully saturated rings. The molecule has 1 aromatic carbocycles. The fourth-order valence-electron chi connectivity index (χ4n) is 1.84. The van der Waals surface area contributed by atoms with Crippen LogP contribution in [0.5, 0.6) is 11.5 Å². The van der Waals surface area contributed by atoms with E-state index in [1.54, 1.807) is 14.2 Å². The van der Waals surface area contributed by atoms with Gasteiger partial charge in [0.25, 0.3) is 0 Å². The first-order chi connectivity index (χ1) is 8.69. The van der Waals surface area contributed by atoms with Gasteiger partial charge in [-0.1, -0.05) is 0 Å². The molecule has 0 aliphatic carbocycles. The van der Waals surface area contributed by atoms with Crippen LogP contribution in [0.4, 0.5) is 0 Å². The Balaban J connectivity index is 2.57. The molecule has 1 aromatic heterocycles. The third-order valence-electron chi connectivity index (χ3n) is 2.83. The van der Waals surface area contributed by atoms with Crippen LogP contribution in [0.25, 0.3) is 11.3 Å². The number of H-pyrrole nitrogens is 1. The zero-order valence-electron chi connectivity index (χ0n) is 10.6. The average Bonchev–Trinajstić information content (AvgIpc) is 2.79. The molecule has 4 heteroatoms. The van der Waals surface area contributed by atoms with Gasteiger partial charge in [-0.2, -0.15) is 5.26 Å². The van der Waals surface area contributed by atoms with Crippen molar-refractivity contribution in [3.05, 3.63) is 35.5 Å². The molecule has 0 saturated carbocycles. The van der Waals surface area contributed by atoms with Crippen LogP contribution in [0, 0.1) is 18.3 Å². The normalized spacial score (nSPS) is 9.89. The molecule has 0 aliphatic heterocycles. The number of rotatable bonds is 3. The first-order valence-corrected chi connectivity index (χ1v) is 5.51. The van der Waals surface area contributed by atoms with Crippen molar-refractivity contribution in [1.29, 1.82) is 5.26 Å². The quantitative estimate of drug-likeness (QED) is 0.900. The smallest absolute Gasteiger partial charge is 0.128 e. The summed E-state index contributed by atoms with van der Waals surface area (Å²) < 4.78 is 10.5. The summed E-state index contributed by atoms with van der Waals surface area (Å²) in [6.07, 6.45) is 0. The van der Waals surface area contributed by atoms with Gasteiger partial charge in [0, 0.05) is 11.3 Å². The Morgan fingerprint density at radius 3 is 2.50 bits per heavy atom. The second-order valence-corrected chi connectivity index (χ2v) is 3.90. The number of aryl methyl sites for hydroxylation is 1. The zero-order chi connectivity index (χ0) is 13.1. The second kappa shape index (κ2) is 4.84. The summed E-state index contributed by atoms with van der Waals surface area (Å²) in [5.41, 5.74) is 3.20. The predicted molar refractivity (Wildman–Crippen MR) is 68.8 cm³/mol. The van der Waals surface area contributed by atoms with Gasteiger partial charge in [0.15, 0.2) is 0 Å². The number of benzene rings is 1. The highest BCUT2D eigenvalue weighted by Crippen LogP contribution is 2.33. The molecule has 0 spiro atoms. The van der Waals surface area contributed by atoms with Crippen LogP contribution in [0.2, 0.25) is 0 Å². The summed E-state index contributed by atoms with van der Waals surface area (Å²) in [7, 11) is 3.23. The van der Waals surface area contributed by atoms with E-state index in [1.165, 1.54) is 0 Å². The van der Waals surface area contributed by atoms with Gasteiger partial charge in [-0.25, -0.2) is 0 Å². The van der Waals surface area contributed by atoms with E-state index < -0.39 is 0 Å². The Hall–Kier alpha value is -2.41. The van der Waals surface area contributed by atoms with Gasteiger partial charge >= 0.3 is 0 Å². The Morgan fingerprint density at radius 1 is 1.17 bits per heavy atom. The summed E-state index contributed by atoms with van der Waals surface area (Å²) >= 11 is 0. The molecule has 0 saturated heterocycles. The molecule has 2 aromatic rings. The van der Waals surface area contributed by atoms with E-state index in [4.69, 9.17) is 14.7 Å². The lowest BCUT2D eigenvalue weighted by Crippen LogP contribution is -1.90. The molecule has 0 unspecified atom stereocenters. The van der Waals surface area contributed by atoms with Crippen molar-refractivity contribution in [2.75, 3.05) is 14.2 Å². The van der Waals surface area contributed by atoms with Crippen molar-refractivity contribution in [2.24, 2.45) is 0 Å². The van der Waals surface area contributed by atoms with Crippen LogP contribution in [-0.4, -0.2) is 19.2 Å². The summed E-state index contributed by atoms with van der Waals surface area (Å²) in [4.78, 5) is 3.18. The highest BCUT2D eigenvalue weighted by atomic mass is 16.5. The number of aromatic nitrogens is 1.